The first-order valence-electron chi connectivity index (χ1n) is 5.80. The van der Waals surface area contributed by atoms with E-state index in [0.29, 0.717) is 33.0 Å². The van der Waals surface area contributed by atoms with Crippen LogP contribution in [0.25, 0.3) is 0 Å². The third-order valence-corrected chi connectivity index (χ3v) is 1.75. The molecule has 4 N–H and O–H groups in total. The molecule has 0 amide bonds. The van der Waals surface area contributed by atoms with Crippen molar-refractivity contribution >= 4 is 0 Å². The highest BCUT2D eigenvalue weighted by molar-refractivity contribution is 4.53. The fraction of sp³-hybridized carbons (Fsp3) is 1.00. The Bertz CT molecular complexity index is 156. The van der Waals surface area contributed by atoms with Gasteiger partial charge < -0.3 is 25.7 Å². The minimum absolute atomic E-state index is 0. The van der Waals surface area contributed by atoms with Gasteiger partial charge >= 0.3 is 0 Å². The first kappa shape index (κ1) is 27.2. The minimum Gasteiger partial charge on any atom is -0.377 e. The molecule has 0 aromatic heterocycles. The second-order valence-electron chi connectivity index (χ2n) is 4.25. The number of rotatable bonds is 10. The quantitative estimate of drug-likeness (QED) is 0.599. The molecule has 0 bridgehead atoms. The Morgan fingerprint density at radius 2 is 1.16 bits per heavy atom. The summed E-state index contributed by atoms with van der Waals surface area (Å²) in [5, 5.41) is 0. The molecule has 0 saturated carbocycles. The summed E-state index contributed by atoms with van der Waals surface area (Å²) in [6.45, 7) is 8.62. The van der Waals surface area contributed by atoms with Gasteiger partial charge in [-0.1, -0.05) is 22.3 Å². The van der Waals surface area contributed by atoms with Crippen LogP contribution >= 0.6 is 0 Å². The lowest BCUT2D eigenvalue weighted by atomic mass is 10.4. The molecule has 0 aromatic rings. The molecule has 0 rings (SSSR count). The summed E-state index contributed by atoms with van der Waals surface area (Å²) < 4.78 is 16.1. The number of hydrogen-bond donors (Lipinski definition) is 2. The van der Waals surface area contributed by atoms with Crippen LogP contribution in [-0.4, -0.2) is 51.2 Å². The average Bonchev–Trinajstić information content (AvgIpc) is 2.19. The summed E-state index contributed by atoms with van der Waals surface area (Å²) in [5.41, 5.74) is 11.1. The second-order valence-corrected chi connectivity index (χ2v) is 4.25. The Balaban J connectivity index is -0.000000375. The highest BCUT2D eigenvalue weighted by atomic mass is 16.5. The Kier molecular flexibility index (Phi) is 25.5. The van der Waals surface area contributed by atoms with Gasteiger partial charge in [0, 0.05) is 12.1 Å². The van der Waals surface area contributed by atoms with Crippen molar-refractivity contribution in [3.05, 3.63) is 0 Å². The first-order chi connectivity index (χ1) is 7.52. The van der Waals surface area contributed by atoms with Crippen LogP contribution in [0.2, 0.25) is 0 Å². The standard InChI is InChI=1S/C11H26N2O3.3CH4/c1-9(12)6-14-4-5-15-8-11(3)16-7-10(2)13;;;/h9-11H,4-8,12-13H2,1-3H3;3*1H4. The van der Waals surface area contributed by atoms with E-state index in [1.165, 1.54) is 0 Å². The Morgan fingerprint density at radius 1 is 0.737 bits per heavy atom. The predicted molar refractivity (Wildman–Crippen MR) is 84.5 cm³/mol. The molecule has 0 aliphatic carbocycles. The van der Waals surface area contributed by atoms with Crippen LogP contribution in [0.15, 0.2) is 0 Å². The molecular formula is C14H38N2O3. The maximum atomic E-state index is 5.57. The lowest BCUT2D eigenvalue weighted by molar-refractivity contribution is -0.0264. The van der Waals surface area contributed by atoms with Gasteiger partial charge in [0.2, 0.25) is 0 Å². The fourth-order valence-corrected chi connectivity index (χ4v) is 1.00. The van der Waals surface area contributed by atoms with Gasteiger partial charge in [0.05, 0.1) is 39.1 Å². The van der Waals surface area contributed by atoms with Gasteiger partial charge in [0.25, 0.3) is 0 Å². The van der Waals surface area contributed by atoms with E-state index >= 15 is 0 Å². The molecule has 122 valence electrons. The summed E-state index contributed by atoms with van der Waals surface area (Å²) in [7, 11) is 0. The molecule has 5 nitrogen and oxygen atoms in total. The first-order valence-corrected chi connectivity index (χ1v) is 5.80. The summed E-state index contributed by atoms with van der Waals surface area (Å²) in [4.78, 5) is 0. The number of nitrogens with two attached hydrogens (primary N) is 2. The maximum Gasteiger partial charge on any atom is 0.0781 e. The van der Waals surface area contributed by atoms with Crippen molar-refractivity contribution in [2.24, 2.45) is 11.5 Å². The highest BCUT2D eigenvalue weighted by Crippen LogP contribution is 1.93. The van der Waals surface area contributed by atoms with Gasteiger partial charge in [0.15, 0.2) is 0 Å². The fourth-order valence-electron chi connectivity index (χ4n) is 1.00. The number of ether oxygens (including phenoxy) is 3. The highest BCUT2D eigenvalue weighted by Gasteiger charge is 2.03. The molecule has 0 aromatic carbocycles. The van der Waals surface area contributed by atoms with Crippen LogP contribution in [-0.2, 0) is 14.2 Å². The van der Waals surface area contributed by atoms with E-state index in [9.17, 15) is 0 Å². The van der Waals surface area contributed by atoms with Gasteiger partial charge in [-0.25, -0.2) is 0 Å². The molecule has 0 aliphatic heterocycles. The molecular weight excluding hydrogens is 244 g/mol. The SMILES string of the molecule is C.C.C.CC(N)COCCOCC(C)OCC(C)N. The lowest BCUT2D eigenvalue weighted by Crippen LogP contribution is -2.27. The smallest absolute Gasteiger partial charge is 0.0781 e. The van der Waals surface area contributed by atoms with E-state index in [1.54, 1.807) is 0 Å². The van der Waals surface area contributed by atoms with Crippen molar-refractivity contribution in [3.8, 4) is 0 Å². The zero-order valence-electron chi connectivity index (χ0n) is 10.6. The van der Waals surface area contributed by atoms with Crippen molar-refractivity contribution in [3.63, 3.8) is 0 Å². The second kappa shape index (κ2) is 17.8. The van der Waals surface area contributed by atoms with Crippen LogP contribution in [0.3, 0.4) is 0 Å². The van der Waals surface area contributed by atoms with E-state index in [1.807, 2.05) is 20.8 Å². The molecule has 19 heavy (non-hydrogen) atoms. The molecule has 3 unspecified atom stereocenters. The van der Waals surface area contributed by atoms with Gasteiger partial charge in [-0.2, -0.15) is 0 Å². The normalized spacial score (nSPS) is 14.4. The van der Waals surface area contributed by atoms with Gasteiger partial charge in [-0.15, -0.1) is 0 Å². The van der Waals surface area contributed by atoms with Crippen LogP contribution < -0.4 is 11.5 Å². The minimum atomic E-state index is 0. The topological polar surface area (TPSA) is 79.7 Å². The van der Waals surface area contributed by atoms with Crippen LogP contribution in [0, 0.1) is 0 Å². The molecule has 0 saturated heterocycles. The predicted octanol–water partition coefficient (Wildman–Crippen LogP) is 2.03. The van der Waals surface area contributed by atoms with Crippen molar-refractivity contribution in [1.82, 2.24) is 0 Å². The zero-order chi connectivity index (χ0) is 12.4. The third-order valence-electron chi connectivity index (χ3n) is 1.75. The van der Waals surface area contributed by atoms with Crippen molar-refractivity contribution in [2.45, 2.75) is 61.2 Å². The molecule has 0 spiro atoms. The van der Waals surface area contributed by atoms with Crippen molar-refractivity contribution < 1.29 is 14.2 Å². The van der Waals surface area contributed by atoms with E-state index < -0.39 is 0 Å². The van der Waals surface area contributed by atoms with E-state index in [2.05, 4.69) is 0 Å². The molecule has 0 fully saturated rings. The summed E-state index contributed by atoms with van der Waals surface area (Å²) >= 11 is 0. The van der Waals surface area contributed by atoms with Gasteiger partial charge in [-0.3, -0.25) is 0 Å². The maximum absolute atomic E-state index is 5.57. The molecule has 0 radical (unpaired) electrons. The van der Waals surface area contributed by atoms with Crippen LogP contribution in [0.5, 0.6) is 0 Å². The van der Waals surface area contributed by atoms with Crippen LogP contribution in [0.4, 0.5) is 0 Å². The van der Waals surface area contributed by atoms with Crippen molar-refractivity contribution in [2.75, 3.05) is 33.0 Å². The largest absolute Gasteiger partial charge is 0.377 e. The van der Waals surface area contributed by atoms with E-state index in [4.69, 9.17) is 25.7 Å². The zero-order valence-corrected chi connectivity index (χ0v) is 10.6. The van der Waals surface area contributed by atoms with E-state index in [0.717, 1.165) is 0 Å². The third kappa shape index (κ3) is 23.3. The van der Waals surface area contributed by atoms with Gasteiger partial charge in [0.1, 0.15) is 0 Å². The van der Waals surface area contributed by atoms with Crippen LogP contribution in [0.1, 0.15) is 43.1 Å². The number of hydrogen-bond acceptors (Lipinski definition) is 5. The van der Waals surface area contributed by atoms with Crippen molar-refractivity contribution in [1.29, 1.82) is 0 Å². The molecule has 5 heteroatoms. The Morgan fingerprint density at radius 3 is 1.58 bits per heavy atom. The summed E-state index contributed by atoms with van der Waals surface area (Å²) in [6, 6.07) is 0.144. The van der Waals surface area contributed by atoms with Gasteiger partial charge in [-0.05, 0) is 20.8 Å². The summed E-state index contributed by atoms with van der Waals surface area (Å²) in [5.74, 6) is 0. The summed E-state index contributed by atoms with van der Waals surface area (Å²) in [6.07, 6.45) is 0.0689. The molecule has 0 aliphatic rings. The Hall–Kier alpha value is -0.200. The molecule has 3 atom stereocenters. The lowest BCUT2D eigenvalue weighted by Gasteiger charge is -2.15. The van der Waals surface area contributed by atoms with E-state index in [-0.39, 0.29) is 40.5 Å². The average molecular weight is 282 g/mol. The Labute approximate surface area is 121 Å². The monoisotopic (exact) mass is 282 g/mol. The molecule has 0 heterocycles.